The summed E-state index contributed by atoms with van der Waals surface area (Å²) in [5, 5.41) is 0. The zero-order valence-corrected chi connectivity index (χ0v) is 24.2. The molecular weight excluding hydrogens is 514 g/mol. The van der Waals surface area contributed by atoms with Crippen molar-refractivity contribution < 1.29 is 18.3 Å². The summed E-state index contributed by atoms with van der Waals surface area (Å²) < 4.78 is 34.8. The van der Waals surface area contributed by atoms with Crippen molar-refractivity contribution in [1.82, 2.24) is 0 Å². The highest BCUT2D eigenvalue weighted by molar-refractivity contribution is 5.91. The lowest BCUT2D eigenvalue weighted by molar-refractivity contribution is 0.0730. The van der Waals surface area contributed by atoms with Gasteiger partial charge in [-0.2, -0.15) is 0 Å². The summed E-state index contributed by atoms with van der Waals surface area (Å²) in [6.45, 7) is 4.41. The van der Waals surface area contributed by atoms with Crippen LogP contribution >= 0.6 is 0 Å². The van der Waals surface area contributed by atoms with E-state index in [1.165, 1.54) is 74.8 Å². The molecule has 41 heavy (non-hydrogen) atoms. The lowest BCUT2D eigenvalue weighted by atomic mass is 9.80. The summed E-state index contributed by atoms with van der Waals surface area (Å²) in [6, 6.07) is 16.3. The molecule has 0 heterocycles. The highest BCUT2D eigenvalue weighted by atomic mass is 19.1. The van der Waals surface area contributed by atoms with Crippen molar-refractivity contribution in [3.63, 3.8) is 0 Å². The summed E-state index contributed by atoms with van der Waals surface area (Å²) in [6.07, 6.45) is 16.2. The Hall–Kier alpha value is -3.71. The third-order valence-corrected chi connectivity index (χ3v) is 7.88. The Morgan fingerprint density at radius 1 is 0.878 bits per heavy atom. The molecule has 1 aliphatic rings. The van der Waals surface area contributed by atoms with Crippen molar-refractivity contribution in [2.75, 3.05) is 0 Å². The van der Waals surface area contributed by atoms with E-state index in [9.17, 15) is 13.6 Å². The minimum atomic E-state index is -0.774. The number of benzene rings is 3. The number of halogens is 2. The van der Waals surface area contributed by atoms with Gasteiger partial charge >= 0.3 is 5.97 Å². The first-order valence-corrected chi connectivity index (χ1v) is 15.1. The fourth-order valence-corrected chi connectivity index (χ4v) is 5.42. The smallest absolute Gasteiger partial charge is 0.346 e. The first kappa shape index (κ1) is 30.3. The second kappa shape index (κ2) is 15.3. The van der Waals surface area contributed by atoms with Crippen LogP contribution in [-0.2, 0) is 6.42 Å². The molecule has 214 valence electrons. The molecule has 1 fully saturated rings. The van der Waals surface area contributed by atoms with Gasteiger partial charge in [0.2, 0.25) is 0 Å². The average Bonchev–Trinajstić information content (AvgIpc) is 2.97. The Bertz CT molecular complexity index is 1390. The van der Waals surface area contributed by atoms with Crippen LogP contribution in [0.2, 0.25) is 0 Å². The lowest BCUT2D eigenvalue weighted by Crippen LogP contribution is -2.12. The first-order valence-electron chi connectivity index (χ1n) is 15.1. The number of unbranched alkanes of at least 4 members (excludes halogenated alkanes) is 2. The van der Waals surface area contributed by atoms with Crippen LogP contribution in [0.4, 0.5) is 8.78 Å². The maximum atomic E-state index is 14.7. The van der Waals surface area contributed by atoms with Gasteiger partial charge in [0.15, 0.2) is 0 Å². The van der Waals surface area contributed by atoms with Crippen LogP contribution in [0.5, 0.6) is 5.75 Å². The molecule has 0 saturated heterocycles. The average molecular weight is 555 g/mol. The van der Waals surface area contributed by atoms with Gasteiger partial charge in [-0.1, -0.05) is 81.7 Å². The van der Waals surface area contributed by atoms with Crippen molar-refractivity contribution in [2.24, 2.45) is 11.8 Å². The maximum Gasteiger partial charge on any atom is 0.346 e. The van der Waals surface area contributed by atoms with Crippen LogP contribution in [0, 0.1) is 35.3 Å². The van der Waals surface area contributed by atoms with Gasteiger partial charge in [0, 0.05) is 5.56 Å². The number of aryl methyl sites for hydroxylation is 1. The van der Waals surface area contributed by atoms with Gasteiger partial charge < -0.3 is 4.74 Å². The molecule has 2 nitrogen and oxygen atoms in total. The fraction of sp³-hybridized carbons (Fsp3) is 0.378. The van der Waals surface area contributed by atoms with Gasteiger partial charge in [0.1, 0.15) is 17.4 Å². The number of hydrogen-bond donors (Lipinski definition) is 0. The van der Waals surface area contributed by atoms with Crippen molar-refractivity contribution >= 4 is 12.0 Å². The minimum absolute atomic E-state index is 0.177. The molecule has 3 aromatic rings. The molecule has 0 aromatic heterocycles. The number of esters is 1. The SMILES string of the molecule is CCCCCc1ccc(OC(=O)c2ccc(C#Cc3ccc(C=CC4CCC(CCC)CC4)cc3F)cc2F)cc1. The van der Waals surface area contributed by atoms with E-state index in [4.69, 9.17) is 4.74 Å². The Labute approximate surface area is 243 Å². The van der Waals surface area contributed by atoms with Crippen LogP contribution in [0.1, 0.15) is 104 Å². The van der Waals surface area contributed by atoms with Crippen LogP contribution in [-0.4, -0.2) is 5.97 Å². The lowest BCUT2D eigenvalue weighted by Gasteiger charge is -2.26. The summed E-state index contributed by atoms with van der Waals surface area (Å²) in [5.41, 5.74) is 2.39. The molecule has 0 unspecified atom stereocenters. The largest absolute Gasteiger partial charge is 0.423 e. The highest BCUT2D eigenvalue weighted by Gasteiger charge is 2.18. The molecule has 1 aliphatic carbocycles. The van der Waals surface area contributed by atoms with E-state index in [-0.39, 0.29) is 11.1 Å². The van der Waals surface area contributed by atoms with Crippen LogP contribution < -0.4 is 4.74 Å². The van der Waals surface area contributed by atoms with Gasteiger partial charge in [-0.15, -0.1) is 0 Å². The quantitative estimate of drug-likeness (QED) is 0.108. The molecule has 0 bridgehead atoms. The van der Waals surface area contributed by atoms with Gasteiger partial charge in [-0.25, -0.2) is 13.6 Å². The van der Waals surface area contributed by atoms with Gasteiger partial charge in [0.05, 0.1) is 11.1 Å². The second-order valence-corrected chi connectivity index (χ2v) is 11.1. The van der Waals surface area contributed by atoms with Gasteiger partial charge in [-0.05, 0) is 104 Å². The van der Waals surface area contributed by atoms with E-state index in [0.29, 0.717) is 17.2 Å². The van der Waals surface area contributed by atoms with Crippen molar-refractivity contribution in [1.29, 1.82) is 0 Å². The summed E-state index contributed by atoms with van der Waals surface area (Å²) in [5.74, 6) is 5.45. The molecule has 1 saturated carbocycles. The Balaban J connectivity index is 1.33. The van der Waals surface area contributed by atoms with Gasteiger partial charge in [-0.3, -0.25) is 0 Å². The van der Waals surface area contributed by atoms with Crippen LogP contribution in [0.25, 0.3) is 6.08 Å². The molecule has 0 atom stereocenters. The van der Waals surface area contributed by atoms with E-state index in [1.54, 1.807) is 18.2 Å². The Kier molecular flexibility index (Phi) is 11.3. The number of carbonyl (C=O) groups excluding carboxylic acids is 1. The molecule has 0 amide bonds. The normalized spacial score (nSPS) is 16.8. The third kappa shape index (κ3) is 9.15. The second-order valence-electron chi connectivity index (χ2n) is 11.1. The van der Waals surface area contributed by atoms with Crippen molar-refractivity contribution in [3.8, 4) is 17.6 Å². The molecule has 3 aromatic carbocycles. The van der Waals surface area contributed by atoms with Gasteiger partial charge in [0.25, 0.3) is 0 Å². The van der Waals surface area contributed by atoms with Crippen LogP contribution in [0.15, 0.2) is 66.7 Å². The summed E-state index contributed by atoms with van der Waals surface area (Å²) >= 11 is 0. The molecule has 0 radical (unpaired) electrons. The topological polar surface area (TPSA) is 26.3 Å². The van der Waals surface area contributed by atoms with E-state index >= 15 is 0 Å². The Morgan fingerprint density at radius 3 is 2.34 bits per heavy atom. The maximum absolute atomic E-state index is 14.7. The Morgan fingerprint density at radius 2 is 1.66 bits per heavy atom. The molecule has 0 aliphatic heterocycles. The van der Waals surface area contributed by atoms with E-state index in [2.05, 4.69) is 31.8 Å². The van der Waals surface area contributed by atoms with Crippen molar-refractivity contribution in [2.45, 2.75) is 78.1 Å². The molecule has 4 heteroatoms. The monoisotopic (exact) mass is 554 g/mol. The van der Waals surface area contributed by atoms with E-state index in [1.807, 2.05) is 24.3 Å². The minimum Gasteiger partial charge on any atom is -0.423 e. The summed E-state index contributed by atoms with van der Waals surface area (Å²) in [4.78, 5) is 12.5. The number of ether oxygens (including phenoxy) is 1. The number of carbonyl (C=O) groups is 1. The van der Waals surface area contributed by atoms with Crippen molar-refractivity contribution in [3.05, 3.63) is 106 Å². The molecule has 0 N–H and O–H groups in total. The molecule has 4 rings (SSSR count). The standard InChI is InChI=1S/C37H40F2O2/c1-3-5-6-8-28-17-22-33(23-18-28)41-37(40)34-24-19-31(26-36(34)39)16-21-32-20-15-30(25-35(32)38)14-13-29-11-9-27(7-4-2)10-12-29/h13-15,17-20,22-27,29H,3-12H2,1-2H3. The molecule has 0 spiro atoms. The predicted molar refractivity (Wildman–Crippen MR) is 163 cm³/mol. The van der Waals surface area contributed by atoms with Crippen LogP contribution in [0.3, 0.4) is 0 Å². The zero-order valence-electron chi connectivity index (χ0n) is 24.2. The molecular formula is C37H40F2O2. The van der Waals surface area contributed by atoms with E-state index < -0.39 is 17.6 Å². The number of hydrogen-bond acceptors (Lipinski definition) is 2. The summed E-state index contributed by atoms with van der Waals surface area (Å²) in [7, 11) is 0. The highest BCUT2D eigenvalue weighted by Crippen LogP contribution is 2.32. The predicted octanol–water partition coefficient (Wildman–Crippen LogP) is 9.94. The third-order valence-electron chi connectivity index (χ3n) is 7.88. The zero-order chi connectivity index (χ0) is 29.0. The van der Waals surface area contributed by atoms with E-state index in [0.717, 1.165) is 30.7 Å². The fourth-order valence-electron chi connectivity index (χ4n) is 5.42. The first-order chi connectivity index (χ1) is 19.9. The number of allylic oxidation sites excluding steroid dienone is 1. The number of rotatable bonds is 10.